The number of carbonyl (C=O) groups is 1. The number of aryl methyl sites for hydroxylation is 2. The second-order valence-electron chi connectivity index (χ2n) is 8.04. The van der Waals surface area contributed by atoms with Crippen LogP contribution in [0.3, 0.4) is 0 Å². The number of benzene rings is 2. The molecule has 0 aliphatic carbocycles. The predicted octanol–water partition coefficient (Wildman–Crippen LogP) is 3.89. The molecule has 152 valence electrons. The summed E-state index contributed by atoms with van der Waals surface area (Å²) >= 11 is 0. The van der Waals surface area contributed by atoms with Crippen LogP contribution in [-0.2, 0) is 24.4 Å². The van der Waals surface area contributed by atoms with E-state index in [9.17, 15) is 4.79 Å². The van der Waals surface area contributed by atoms with Crippen molar-refractivity contribution in [2.75, 3.05) is 13.1 Å². The van der Waals surface area contributed by atoms with Crippen molar-refractivity contribution in [2.45, 2.75) is 46.3 Å². The van der Waals surface area contributed by atoms with Gasteiger partial charge in [-0.15, -0.1) is 0 Å². The van der Waals surface area contributed by atoms with Crippen LogP contribution < -0.4 is 5.32 Å². The molecule has 0 saturated carbocycles. The Bertz CT molecular complexity index is 993. The molecule has 1 aliphatic rings. The molecular weight excluding hydrogens is 360 g/mol. The van der Waals surface area contributed by atoms with Gasteiger partial charge in [-0.3, -0.25) is 9.69 Å². The summed E-state index contributed by atoms with van der Waals surface area (Å²) in [7, 11) is 0. The lowest BCUT2D eigenvalue weighted by atomic mass is 9.97. The number of nitrogens with one attached hydrogen (secondary N) is 1. The van der Waals surface area contributed by atoms with E-state index in [1.807, 2.05) is 12.1 Å². The van der Waals surface area contributed by atoms with E-state index in [1.165, 1.54) is 11.1 Å². The minimum absolute atomic E-state index is 0.0491. The molecule has 0 radical (unpaired) electrons. The molecule has 1 saturated heterocycles. The fraction of sp³-hybridized carbons (Fsp3) is 0.417. The molecule has 5 heteroatoms. The summed E-state index contributed by atoms with van der Waals surface area (Å²) in [5.74, 6) is 1.31. The molecule has 0 spiro atoms. The smallest absolute Gasteiger partial charge is 0.224 e. The molecule has 2 aromatic carbocycles. The number of imidazole rings is 1. The molecule has 1 fully saturated rings. The van der Waals surface area contributed by atoms with Crippen molar-refractivity contribution >= 4 is 16.9 Å². The first kappa shape index (κ1) is 19.6. The summed E-state index contributed by atoms with van der Waals surface area (Å²) in [6, 6.07) is 16.6. The van der Waals surface area contributed by atoms with Crippen molar-refractivity contribution in [2.24, 2.45) is 5.92 Å². The van der Waals surface area contributed by atoms with Gasteiger partial charge in [0.1, 0.15) is 5.82 Å². The molecule has 1 atom stereocenters. The van der Waals surface area contributed by atoms with Gasteiger partial charge in [0, 0.05) is 19.6 Å². The third-order valence-corrected chi connectivity index (χ3v) is 5.84. The lowest BCUT2D eigenvalue weighted by molar-refractivity contribution is -0.127. The average molecular weight is 391 g/mol. The summed E-state index contributed by atoms with van der Waals surface area (Å²) in [5, 5.41) is 3.14. The van der Waals surface area contributed by atoms with E-state index in [-0.39, 0.29) is 11.8 Å². The molecule has 0 unspecified atom stereocenters. The Labute approximate surface area is 172 Å². The third kappa shape index (κ3) is 4.51. The van der Waals surface area contributed by atoms with Gasteiger partial charge in [-0.25, -0.2) is 4.98 Å². The minimum Gasteiger partial charge on any atom is -0.352 e. The van der Waals surface area contributed by atoms with Gasteiger partial charge in [0.2, 0.25) is 5.91 Å². The molecule has 4 rings (SSSR count). The monoisotopic (exact) mass is 390 g/mol. The number of amides is 1. The zero-order valence-corrected chi connectivity index (χ0v) is 17.4. The Hall–Kier alpha value is -2.66. The van der Waals surface area contributed by atoms with Crippen LogP contribution in [0, 0.1) is 12.8 Å². The zero-order chi connectivity index (χ0) is 20.2. The highest BCUT2D eigenvalue weighted by Crippen LogP contribution is 2.21. The molecule has 0 bridgehead atoms. The number of hydrogen-bond acceptors (Lipinski definition) is 3. The fourth-order valence-electron chi connectivity index (χ4n) is 4.37. The van der Waals surface area contributed by atoms with Crippen LogP contribution >= 0.6 is 0 Å². The van der Waals surface area contributed by atoms with Gasteiger partial charge in [0.05, 0.1) is 23.5 Å². The first-order valence-electron chi connectivity index (χ1n) is 10.6. The average Bonchev–Trinajstić information content (AvgIpc) is 3.09. The van der Waals surface area contributed by atoms with E-state index in [1.54, 1.807) is 0 Å². The van der Waals surface area contributed by atoms with Crippen molar-refractivity contribution in [1.29, 1.82) is 0 Å². The summed E-state index contributed by atoms with van der Waals surface area (Å²) < 4.78 is 2.29. The van der Waals surface area contributed by atoms with E-state index < -0.39 is 0 Å². The summed E-state index contributed by atoms with van der Waals surface area (Å²) in [6.07, 6.45) is 2.01. The maximum atomic E-state index is 12.8. The largest absolute Gasteiger partial charge is 0.352 e. The van der Waals surface area contributed by atoms with Gasteiger partial charge in [-0.2, -0.15) is 0 Å². The number of nitrogens with zero attached hydrogens (tertiary/aromatic N) is 3. The molecule has 5 nitrogen and oxygen atoms in total. The van der Waals surface area contributed by atoms with Gasteiger partial charge in [-0.05, 0) is 50.9 Å². The number of fused-ring (bicyclic) bond motifs is 1. The van der Waals surface area contributed by atoms with Crippen LogP contribution in [0.2, 0.25) is 0 Å². The van der Waals surface area contributed by atoms with Gasteiger partial charge < -0.3 is 9.88 Å². The zero-order valence-electron chi connectivity index (χ0n) is 17.4. The first-order chi connectivity index (χ1) is 14.1. The molecule has 1 N–H and O–H groups in total. The first-order valence-corrected chi connectivity index (χ1v) is 10.6. The fourth-order valence-corrected chi connectivity index (χ4v) is 4.37. The van der Waals surface area contributed by atoms with Crippen molar-refractivity contribution in [3.8, 4) is 0 Å². The van der Waals surface area contributed by atoms with Crippen LogP contribution in [0.25, 0.3) is 11.0 Å². The van der Waals surface area contributed by atoms with Crippen LogP contribution in [0.1, 0.15) is 36.7 Å². The predicted molar refractivity (Wildman–Crippen MR) is 116 cm³/mol. The molecule has 3 aromatic rings. The Balaban J connectivity index is 1.39. The van der Waals surface area contributed by atoms with Crippen LogP contribution in [0.15, 0.2) is 48.5 Å². The Morgan fingerprint density at radius 2 is 2.07 bits per heavy atom. The number of carbonyl (C=O) groups excluding carboxylic acids is 1. The molecule has 2 heterocycles. The van der Waals surface area contributed by atoms with E-state index in [0.29, 0.717) is 6.54 Å². The minimum atomic E-state index is 0.0491. The Morgan fingerprint density at radius 1 is 1.21 bits per heavy atom. The van der Waals surface area contributed by atoms with Crippen molar-refractivity contribution in [3.63, 3.8) is 0 Å². The maximum Gasteiger partial charge on any atom is 0.224 e. The van der Waals surface area contributed by atoms with Crippen molar-refractivity contribution in [3.05, 3.63) is 65.5 Å². The van der Waals surface area contributed by atoms with Crippen LogP contribution in [0.5, 0.6) is 0 Å². The second kappa shape index (κ2) is 8.78. The number of piperidine rings is 1. The lowest BCUT2D eigenvalue weighted by Gasteiger charge is -2.31. The highest BCUT2D eigenvalue weighted by Gasteiger charge is 2.26. The Kier molecular flexibility index (Phi) is 5.95. The van der Waals surface area contributed by atoms with Crippen LogP contribution in [0.4, 0.5) is 0 Å². The van der Waals surface area contributed by atoms with Crippen molar-refractivity contribution in [1.82, 2.24) is 19.8 Å². The molecule has 1 amide bonds. The summed E-state index contributed by atoms with van der Waals surface area (Å²) in [6.45, 7) is 8.36. The number of aromatic nitrogens is 2. The van der Waals surface area contributed by atoms with Gasteiger partial charge in [0.25, 0.3) is 0 Å². The standard InChI is InChI=1S/C24H30N4O/c1-3-28-22-12-5-4-11-21(22)26-23(28)17-27-13-7-10-20(16-27)24(29)25-15-19-9-6-8-18(2)14-19/h4-6,8-9,11-12,14,20H,3,7,10,13,15-17H2,1-2H3,(H,25,29)/t20-/m0/s1. The third-order valence-electron chi connectivity index (χ3n) is 5.84. The van der Waals surface area contributed by atoms with Gasteiger partial charge in [0.15, 0.2) is 0 Å². The lowest BCUT2D eigenvalue weighted by Crippen LogP contribution is -2.42. The van der Waals surface area contributed by atoms with E-state index in [4.69, 9.17) is 4.98 Å². The SMILES string of the molecule is CCn1c(CN2CCC[C@H](C(=O)NCc3cccc(C)c3)C2)nc2ccccc21. The normalized spacial score (nSPS) is 17.5. The topological polar surface area (TPSA) is 50.2 Å². The number of hydrogen-bond donors (Lipinski definition) is 1. The Morgan fingerprint density at radius 3 is 2.90 bits per heavy atom. The highest BCUT2D eigenvalue weighted by atomic mass is 16.1. The molecule has 1 aliphatic heterocycles. The molecular formula is C24H30N4O. The number of likely N-dealkylation sites (tertiary alicyclic amines) is 1. The number of para-hydroxylation sites is 2. The summed E-state index contributed by atoms with van der Waals surface area (Å²) in [4.78, 5) is 20.0. The van der Waals surface area contributed by atoms with E-state index >= 15 is 0 Å². The van der Waals surface area contributed by atoms with Crippen molar-refractivity contribution < 1.29 is 4.79 Å². The number of rotatable bonds is 6. The molecule has 1 aromatic heterocycles. The maximum absolute atomic E-state index is 12.8. The van der Waals surface area contributed by atoms with Gasteiger partial charge in [-0.1, -0.05) is 42.0 Å². The van der Waals surface area contributed by atoms with Gasteiger partial charge >= 0.3 is 0 Å². The quantitative estimate of drug-likeness (QED) is 0.695. The highest BCUT2D eigenvalue weighted by molar-refractivity contribution is 5.79. The summed E-state index contributed by atoms with van der Waals surface area (Å²) in [5.41, 5.74) is 4.62. The van der Waals surface area contributed by atoms with E-state index in [2.05, 4.69) is 65.0 Å². The molecule has 29 heavy (non-hydrogen) atoms. The van der Waals surface area contributed by atoms with Crippen LogP contribution in [-0.4, -0.2) is 33.4 Å². The second-order valence-corrected chi connectivity index (χ2v) is 8.04. The van der Waals surface area contributed by atoms with E-state index in [0.717, 1.165) is 55.9 Å².